The first-order valence-corrected chi connectivity index (χ1v) is 11.1. The van der Waals surface area contributed by atoms with E-state index in [1.165, 1.54) is 16.7 Å². The molecule has 1 aliphatic rings. The van der Waals surface area contributed by atoms with E-state index in [-0.39, 0.29) is 12.5 Å². The van der Waals surface area contributed by atoms with Crippen LogP contribution in [-0.2, 0) is 9.59 Å². The second-order valence-corrected chi connectivity index (χ2v) is 8.59. The van der Waals surface area contributed by atoms with Crippen molar-refractivity contribution < 1.29 is 19.1 Å². The van der Waals surface area contributed by atoms with E-state index < -0.39 is 5.91 Å². The number of hydrogen-bond donors (Lipinski definition) is 1. The molecule has 1 aliphatic heterocycles. The van der Waals surface area contributed by atoms with Gasteiger partial charge in [0.25, 0.3) is 11.8 Å². The van der Waals surface area contributed by atoms with Crippen LogP contribution in [0.5, 0.6) is 11.5 Å². The van der Waals surface area contributed by atoms with Crippen LogP contribution in [-0.4, -0.2) is 42.1 Å². The average molecular weight is 504 g/mol. The van der Waals surface area contributed by atoms with Crippen LogP contribution < -0.4 is 15.2 Å². The Hall–Kier alpha value is -2.78. The summed E-state index contributed by atoms with van der Waals surface area (Å²) in [5, 5.41) is 0.602. The number of amides is 2. The lowest BCUT2D eigenvalue weighted by Gasteiger charge is -2.14. The van der Waals surface area contributed by atoms with Gasteiger partial charge in [0.05, 0.1) is 21.7 Å². The lowest BCUT2D eigenvalue weighted by molar-refractivity contribution is -0.121. The highest BCUT2D eigenvalue weighted by atomic mass is 79.9. The molecule has 2 aromatic carbocycles. The summed E-state index contributed by atoms with van der Waals surface area (Å²) in [4.78, 5) is 30.5. The molecule has 2 N–H and O–H groups in total. The maximum absolute atomic E-state index is 12.7. The van der Waals surface area contributed by atoms with E-state index in [2.05, 4.69) is 20.9 Å². The third-order valence-corrected chi connectivity index (χ3v) is 5.90. The van der Waals surface area contributed by atoms with Gasteiger partial charge in [-0.25, -0.2) is 4.99 Å². The Balaban J connectivity index is 1.90. The number of amidine groups is 1. The van der Waals surface area contributed by atoms with Gasteiger partial charge in [-0.2, -0.15) is 0 Å². The van der Waals surface area contributed by atoms with E-state index in [0.29, 0.717) is 32.7 Å². The van der Waals surface area contributed by atoms with Gasteiger partial charge in [-0.3, -0.25) is 14.5 Å². The first kappa shape index (κ1) is 22.9. The Kier molecular flexibility index (Phi) is 7.40. The maximum atomic E-state index is 12.7. The molecule has 2 aromatic rings. The zero-order chi connectivity index (χ0) is 22.5. The van der Waals surface area contributed by atoms with Crippen molar-refractivity contribution in [1.82, 2.24) is 4.90 Å². The van der Waals surface area contributed by atoms with E-state index in [9.17, 15) is 9.59 Å². The van der Waals surface area contributed by atoms with Gasteiger partial charge in [0.15, 0.2) is 23.3 Å². The molecule has 2 amide bonds. The molecule has 9 heteroatoms. The summed E-state index contributed by atoms with van der Waals surface area (Å²) in [6.07, 6.45) is 1.77. The van der Waals surface area contributed by atoms with Gasteiger partial charge in [-0.15, -0.1) is 0 Å². The molecular weight excluding hydrogens is 482 g/mol. The zero-order valence-corrected chi connectivity index (χ0v) is 19.7. The van der Waals surface area contributed by atoms with E-state index in [0.717, 1.165) is 16.8 Å². The van der Waals surface area contributed by atoms with Gasteiger partial charge >= 0.3 is 0 Å². The van der Waals surface area contributed by atoms with E-state index in [1.54, 1.807) is 25.3 Å². The van der Waals surface area contributed by atoms with E-state index >= 15 is 0 Å². The summed E-state index contributed by atoms with van der Waals surface area (Å²) in [6.45, 7) is 3.99. The minimum Gasteiger partial charge on any atom is -0.490 e. The normalized spacial score (nSPS) is 16.3. The molecule has 0 bridgehead atoms. The zero-order valence-electron chi connectivity index (χ0n) is 17.3. The molecule has 1 fully saturated rings. The summed E-state index contributed by atoms with van der Waals surface area (Å²) >= 11 is 4.75. The minimum absolute atomic E-state index is 0.140. The molecule has 0 saturated carbocycles. The fourth-order valence-corrected chi connectivity index (χ4v) is 4.31. The smallest absolute Gasteiger partial charge is 0.266 e. The maximum Gasteiger partial charge on any atom is 0.266 e. The van der Waals surface area contributed by atoms with Crippen LogP contribution in [0.4, 0.5) is 5.69 Å². The Morgan fingerprint density at radius 1 is 1.26 bits per heavy atom. The molecule has 0 atom stereocenters. The van der Waals surface area contributed by atoms with Gasteiger partial charge in [0, 0.05) is 7.05 Å². The third-order valence-electron chi connectivity index (χ3n) is 4.25. The molecule has 0 aromatic heterocycles. The Morgan fingerprint density at radius 2 is 1.97 bits per heavy atom. The molecule has 0 aliphatic carbocycles. The number of aryl methyl sites for hydroxylation is 1. The minimum atomic E-state index is -0.586. The number of likely N-dealkylation sites (N-methyl/N-ethyl adjacent to an activating group) is 1. The van der Waals surface area contributed by atoms with Gasteiger partial charge in [-0.1, -0.05) is 17.7 Å². The second kappa shape index (κ2) is 10.0. The number of benzene rings is 2. The standard InChI is InChI=1S/C22H22BrN3O4S/c1-4-29-17-10-14(9-16(23)20(17)30-12-19(24)27)11-18-21(28)26(3)22(31-18)25-15-7-5-13(2)6-8-15/h5-11H,4,12H2,1-3H3,(H2,24,27)/b18-11-,25-22?. The lowest BCUT2D eigenvalue weighted by atomic mass is 10.2. The fraction of sp³-hybridized carbons (Fsp3) is 0.227. The molecule has 1 saturated heterocycles. The average Bonchev–Trinajstić information content (AvgIpc) is 2.97. The van der Waals surface area contributed by atoms with Crippen molar-refractivity contribution in [3.63, 3.8) is 0 Å². The topological polar surface area (TPSA) is 94.2 Å². The molecule has 0 radical (unpaired) electrons. The van der Waals surface area contributed by atoms with E-state index in [4.69, 9.17) is 15.2 Å². The molecule has 0 spiro atoms. The quantitative estimate of drug-likeness (QED) is 0.569. The Labute approximate surface area is 193 Å². The highest BCUT2D eigenvalue weighted by molar-refractivity contribution is 9.10. The summed E-state index contributed by atoms with van der Waals surface area (Å²) in [5.74, 6) is 0.102. The van der Waals surface area contributed by atoms with Gasteiger partial charge in [-0.05, 0) is 77.4 Å². The number of carbonyl (C=O) groups excluding carboxylic acids is 2. The number of nitrogens with zero attached hydrogens (tertiary/aromatic N) is 2. The Morgan fingerprint density at radius 3 is 2.61 bits per heavy atom. The number of aliphatic imine (C=N–C) groups is 1. The van der Waals surface area contributed by atoms with Gasteiger partial charge in [0.1, 0.15) is 0 Å². The highest BCUT2D eigenvalue weighted by Crippen LogP contribution is 2.39. The van der Waals surface area contributed by atoms with Crippen LogP contribution in [0.15, 0.2) is 50.8 Å². The van der Waals surface area contributed by atoms with Crippen molar-refractivity contribution in [2.24, 2.45) is 10.7 Å². The second-order valence-electron chi connectivity index (χ2n) is 6.72. The van der Waals surface area contributed by atoms with Crippen molar-refractivity contribution in [1.29, 1.82) is 0 Å². The number of primary amides is 1. The van der Waals surface area contributed by atoms with Crippen molar-refractivity contribution in [2.75, 3.05) is 20.3 Å². The number of rotatable bonds is 7. The van der Waals surface area contributed by atoms with Crippen LogP contribution in [0.3, 0.4) is 0 Å². The number of ether oxygens (including phenoxy) is 2. The largest absolute Gasteiger partial charge is 0.490 e. The van der Waals surface area contributed by atoms with Crippen molar-refractivity contribution >= 4 is 56.4 Å². The number of hydrogen-bond acceptors (Lipinski definition) is 6. The number of halogens is 1. The Bertz CT molecular complexity index is 1070. The SMILES string of the molecule is CCOc1cc(/C=C2\SC(=Nc3ccc(C)cc3)N(C)C2=O)cc(Br)c1OCC(N)=O. The van der Waals surface area contributed by atoms with Crippen LogP contribution >= 0.6 is 27.7 Å². The predicted octanol–water partition coefficient (Wildman–Crippen LogP) is 4.25. The van der Waals surface area contributed by atoms with E-state index in [1.807, 2.05) is 38.1 Å². The molecule has 1 heterocycles. The molecule has 31 heavy (non-hydrogen) atoms. The van der Waals surface area contributed by atoms with Crippen molar-refractivity contribution in [3.8, 4) is 11.5 Å². The molecule has 0 unspecified atom stereocenters. The van der Waals surface area contributed by atoms with Gasteiger partial charge in [0.2, 0.25) is 0 Å². The monoisotopic (exact) mass is 503 g/mol. The van der Waals surface area contributed by atoms with Crippen LogP contribution in [0, 0.1) is 6.92 Å². The van der Waals surface area contributed by atoms with Gasteiger partial charge < -0.3 is 15.2 Å². The molecule has 162 valence electrons. The molecule has 3 rings (SSSR count). The summed E-state index contributed by atoms with van der Waals surface area (Å²) < 4.78 is 11.7. The number of thioether (sulfide) groups is 1. The molecule has 7 nitrogen and oxygen atoms in total. The van der Waals surface area contributed by atoms with Crippen molar-refractivity contribution in [3.05, 3.63) is 56.9 Å². The number of carbonyl (C=O) groups is 2. The van der Waals surface area contributed by atoms with Crippen molar-refractivity contribution in [2.45, 2.75) is 13.8 Å². The highest BCUT2D eigenvalue weighted by Gasteiger charge is 2.30. The lowest BCUT2D eigenvalue weighted by Crippen LogP contribution is -2.23. The van der Waals surface area contributed by atoms with Crippen LogP contribution in [0.25, 0.3) is 6.08 Å². The third kappa shape index (κ3) is 5.68. The fourth-order valence-electron chi connectivity index (χ4n) is 2.75. The summed E-state index contributed by atoms with van der Waals surface area (Å²) in [5.41, 5.74) is 7.84. The summed E-state index contributed by atoms with van der Waals surface area (Å²) in [6, 6.07) is 11.3. The van der Waals surface area contributed by atoms with Crippen LogP contribution in [0.2, 0.25) is 0 Å². The molecular formula is C22H22BrN3O4S. The summed E-state index contributed by atoms with van der Waals surface area (Å²) in [7, 11) is 1.70. The number of nitrogens with two attached hydrogens (primary N) is 1. The first-order chi connectivity index (χ1) is 14.8. The first-order valence-electron chi connectivity index (χ1n) is 9.49. The predicted molar refractivity (Wildman–Crippen MR) is 127 cm³/mol. The van der Waals surface area contributed by atoms with Crippen LogP contribution in [0.1, 0.15) is 18.1 Å².